The summed E-state index contributed by atoms with van der Waals surface area (Å²) in [7, 11) is 0. The first kappa shape index (κ1) is 21.8. The number of carbonyl (C=O) groups is 2. The summed E-state index contributed by atoms with van der Waals surface area (Å²) in [5.74, 6) is -0.580. The van der Waals surface area contributed by atoms with Gasteiger partial charge in [0.2, 0.25) is 0 Å². The van der Waals surface area contributed by atoms with Crippen molar-refractivity contribution in [3.05, 3.63) is 64.7 Å². The predicted molar refractivity (Wildman–Crippen MR) is 125 cm³/mol. The van der Waals surface area contributed by atoms with E-state index in [0.717, 1.165) is 12.8 Å². The van der Waals surface area contributed by atoms with Gasteiger partial charge in [0.25, 0.3) is 5.91 Å². The fraction of sp³-hybridized carbons (Fsp3) is 0.250. The maximum atomic E-state index is 13.0. The first-order valence-corrected chi connectivity index (χ1v) is 10.9. The Balaban J connectivity index is 1.93. The molecule has 2 aromatic carbocycles. The minimum absolute atomic E-state index is 0.200. The highest BCUT2D eigenvalue weighted by molar-refractivity contribution is 6.30. The number of carbonyl (C=O) groups excluding carboxylic acids is 2. The average Bonchev–Trinajstić information content (AvgIpc) is 3.08. The van der Waals surface area contributed by atoms with Crippen LogP contribution in [0.2, 0.25) is 5.02 Å². The van der Waals surface area contributed by atoms with Gasteiger partial charge in [-0.25, -0.2) is 14.8 Å². The fourth-order valence-corrected chi connectivity index (χ4v) is 3.67. The molecule has 1 amide bonds. The van der Waals surface area contributed by atoms with Gasteiger partial charge in [-0.1, -0.05) is 37.1 Å². The summed E-state index contributed by atoms with van der Waals surface area (Å²) in [4.78, 5) is 35.5. The number of unbranched alkanes of at least 4 members (excludes halogenated alkanes) is 1. The monoisotopic (exact) mass is 450 g/mol. The number of nitrogens with one attached hydrogen (secondary N) is 1. The van der Waals surface area contributed by atoms with Gasteiger partial charge < -0.3 is 14.6 Å². The Kier molecular flexibility index (Phi) is 6.37. The van der Waals surface area contributed by atoms with Gasteiger partial charge in [-0.05, 0) is 49.7 Å². The van der Waals surface area contributed by atoms with Crippen molar-refractivity contribution in [3.8, 4) is 0 Å². The van der Waals surface area contributed by atoms with Gasteiger partial charge in [-0.2, -0.15) is 0 Å². The molecule has 7 nitrogen and oxygen atoms in total. The Bertz CT molecular complexity index is 1300. The molecule has 0 aliphatic rings. The van der Waals surface area contributed by atoms with E-state index in [9.17, 15) is 9.59 Å². The van der Waals surface area contributed by atoms with Gasteiger partial charge in [-0.15, -0.1) is 0 Å². The van der Waals surface area contributed by atoms with Gasteiger partial charge in [0.1, 0.15) is 16.9 Å². The van der Waals surface area contributed by atoms with E-state index in [0.29, 0.717) is 45.1 Å². The molecule has 0 fully saturated rings. The molecule has 0 bridgehead atoms. The van der Waals surface area contributed by atoms with Crippen LogP contribution in [0.25, 0.3) is 22.2 Å². The van der Waals surface area contributed by atoms with Gasteiger partial charge in [0.15, 0.2) is 5.65 Å². The molecule has 0 spiro atoms. The minimum atomic E-state index is -0.552. The van der Waals surface area contributed by atoms with Crippen molar-refractivity contribution >= 4 is 51.5 Å². The van der Waals surface area contributed by atoms with E-state index in [1.807, 2.05) is 28.8 Å². The van der Waals surface area contributed by atoms with Crippen LogP contribution in [0.5, 0.6) is 0 Å². The molecule has 0 saturated heterocycles. The van der Waals surface area contributed by atoms with Crippen LogP contribution in [-0.4, -0.2) is 33.0 Å². The van der Waals surface area contributed by atoms with Crippen LogP contribution in [0.4, 0.5) is 5.82 Å². The maximum Gasteiger partial charge on any atom is 0.344 e. The summed E-state index contributed by atoms with van der Waals surface area (Å²) < 4.78 is 7.17. The number of hydrogen-bond donors (Lipinski definition) is 1. The maximum absolute atomic E-state index is 13.0. The van der Waals surface area contributed by atoms with Crippen molar-refractivity contribution in [2.24, 2.45) is 0 Å². The molecule has 164 valence electrons. The number of nitrogens with zero attached hydrogens (tertiary/aromatic N) is 3. The molecule has 4 aromatic rings. The number of rotatable bonds is 7. The van der Waals surface area contributed by atoms with Crippen molar-refractivity contribution < 1.29 is 14.3 Å². The number of fused-ring (bicyclic) bond motifs is 2. The van der Waals surface area contributed by atoms with E-state index in [-0.39, 0.29) is 18.1 Å². The normalized spacial score (nSPS) is 11.1. The lowest BCUT2D eigenvalue weighted by molar-refractivity contribution is 0.0529. The topological polar surface area (TPSA) is 86.1 Å². The molecule has 0 radical (unpaired) electrons. The zero-order chi connectivity index (χ0) is 22.7. The number of esters is 1. The molecule has 0 atom stereocenters. The zero-order valence-electron chi connectivity index (χ0n) is 17.9. The number of para-hydroxylation sites is 2. The first-order valence-electron chi connectivity index (χ1n) is 10.6. The Labute approximate surface area is 190 Å². The minimum Gasteiger partial charge on any atom is -0.462 e. The second kappa shape index (κ2) is 9.36. The first-order chi connectivity index (χ1) is 15.5. The third kappa shape index (κ3) is 4.16. The van der Waals surface area contributed by atoms with Crippen molar-refractivity contribution in [1.82, 2.24) is 14.5 Å². The number of benzene rings is 2. The van der Waals surface area contributed by atoms with Crippen LogP contribution in [0.15, 0.2) is 48.5 Å². The lowest BCUT2D eigenvalue weighted by Gasteiger charge is -2.12. The summed E-state index contributed by atoms with van der Waals surface area (Å²) in [5, 5.41) is 3.44. The van der Waals surface area contributed by atoms with Crippen LogP contribution in [-0.2, 0) is 11.3 Å². The quantitative estimate of drug-likeness (QED) is 0.377. The highest BCUT2D eigenvalue weighted by Gasteiger charge is 2.28. The van der Waals surface area contributed by atoms with Crippen molar-refractivity contribution in [3.63, 3.8) is 0 Å². The molecule has 2 aromatic heterocycles. The molecule has 32 heavy (non-hydrogen) atoms. The van der Waals surface area contributed by atoms with Gasteiger partial charge in [0.05, 0.1) is 17.6 Å². The van der Waals surface area contributed by atoms with E-state index >= 15 is 0 Å². The number of anilines is 1. The fourth-order valence-electron chi connectivity index (χ4n) is 3.54. The number of amides is 1. The molecule has 0 saturated carbocycles. The second-order valence-electron chi connectivity index (χ2n) is 7.29. The van der Waals surface area contributed by atoms with Crippen molar-refractivity contribution in [2.75, 3.05) is 11.9 Å². The lowest BCUT2D eigenvalue weighted by Crippen LogP contribution is -2.18. The molecule has 8 heteroatoms. The molecule has 0 aliphatic heterocycles. The molecule has 2 heterocycles. The third-order valence-corrected chi connectivity index (χ3v) is 5.36. The number of ether oxygens (including phenoxy) is 1. The van der Waals surface area contributed by atoms with E-state index < -0.39 is 5.97 Å². The van der Waals surface area contributed by atoms with Crippen LogP contribution < -0.4 is 5.32 Å². The Morgan fingerprint density at radius 2 is 1.72 bits per heavy atom. The van der Waals surface area contributed by atoms with Crippen LogP contribution in [0, 0.1) is 0 Å². The van der Waals surface area contributed by atoms with E-state index in [1.54, 1.807) is 31.2 Å². The molecule has 0 unspecified atom stereocenters. The van der Waals surface area contributed by atoms with Crippen LogP contribution >= 0.6 is 11.6 Å². The second-order valence-corrected chi connectivity index (χ2v) is 7.73. The highest BCUT2D eigenvalue weighted by atomic mass is 35.5. The standard InChI is InChI=1S/C24H23ClN4O3/c1-3-5-14-29-21(28-23(30)15-10-12-16(25)13-11-15)19(24(31)32-4-2)20-22(29)27-18-9-7-6-8-17(18)26-20/h6-13H,3-5,14H2,1-2H3,(H,28,30). The van der Waals surface area contributed by atoms with Crippen molar-refractivity contribution in [1.29, 1.82) is 0 Å². The molecule has 1 N–H and O–H groups in total. The number of aryl methyl sites for hydroxylation is 1. The number of aromatic nitrogens is 3. The number of halogens is 1. The third-order valence-electron chi connectivity index (χ3n) is 5.10. The number of hydrogen-bond acceptors (Lipinski definition) is 5. The van der Waals surface area contributed by atoms with E-state index in [1.165, 1.54) is 0 Å². The smallest absolute Gasteiger partial charge is 0.344 e. The van der Waals surface area contributed by atoms with Crippen LogP contribution in [0.1, 0.15) is 47.4 Å². The summed E-state index contributed by atoms with van der Waals surface area (Å²) in [6.07, 6.45) is 1.77. The highest BCUT2D eigenvalue weighted by Crippen LogP contribution is 2.31. The SMILES string of the molecule is CCCCn1c(NC(=O)c2ccc(Cl)cc2)c(C(=O)OCC)c2nc3ccccc3nc21. The van der Waals surface area contributed by atoms with Crippen LogP contribution in [0.3, 0.4) is 0 Å². The Morgan fingerprint density at radius 1 is 1.03 bits per heavy atom. The van der Waals surface area contributed by atoms with E-state index in [2.05, 4.69) is 12.2 Å². The van der Waals surface area contributed by atoms with Gasteiger partial charge in [0, 0.05) is 17.1 Å². The summed E-state index contributed by atoms with van der Waals surface area (Å²) in [6.45, 7) is 4.58. The van der Waals surface area contributed by atoms with Gasteiger partial charge >= 0.3 is 5.97 Å². The Morgan fingerprint density at radius 3 is 2.38 bits per heavy atom. The molecule has 0 aliphatic carbocycles. The van der Waals surface area contributed by atoms with E-state index in [4.69, 9.17) is 26.3 Å². The lowest BCUT2D eigenvalue weighted by atomic mass is 10.2. The zero-order valence-corrected chi connectivity index (χ0v) is 18.6. The molecular weight excluding hydrogens is 428 g/mol. The average molecular weight is 451 g/mol. The summed E-state index contributed by atoms with van der Waals surface area (Å²) in [6, 6.07) is 14.0. The van der Waals surface area contributed by atoms with Gasteiger partial charge in [-0.3, -0.25) is 4.79 Å². The molecular formula is C24H23ClN4O3. The predicted octanol–water partition coefficient (Wildman–Crippen LogP) is 5.47. The molecule has 4 rings (SSSR count). The summed E-state index contributed by atoms with van der Waals surface area (Å²) >= 11 is 5.95. The summed E-state index contributed by atoms with van der Waals surface area (Å²) in [5.41, 5.74) is 2.94. The largest absolute Gasteiger partial charge is 0.462 e. The van der Waals surface area contributed by atoms with Crippen molar-refractivity contribution in [2.45, 2.75) is 33.2 Å². The Hall–Kier alpha value is -3.45.